The molecule has 1 aliphatic heterocycles. The Morgan fingerprint density at radius 1 is 1.04 bits per heavy atom. The quantitative estimate of drug-likeness (QED) is 0.781. The van der Waals surface area contributed by atoms with Crippen LogP contribution in [-0.4, -0.2) is 44.5 Å². The third-order valence-electron chi connectivity index (χ3n) is 4.08. The van der Waals surface area contributed by atoms with Gasteiger partial charge in [0.15, 0.2) is 0 Å². The number of ether oxygens (including phenoxy) is 1. The Hall–Kier alpha value is -2.87. The molecule has 8 heteroatoms. The number of imide groups is 1. The van der Waals surface area contributed by atoms with Crippen LogP contribution in [0.25, 0.3) is 0 Å². The first-order valence-electron chi connectivity index (χ1n) is 7.93. The lowest BCUT2D eigenvalue weighted by atomic mass is 10.1. The van der Waals surface area contributed by atoms with E-state index in [1.807, 2.05) is 6.92 Å². The van der Waals surface area contributed by atoms with E-state index in [9.17, 15) is 18.0 Å². The van der Waals surface area contributed by atoms with Gasteiger partial charge in [0, 0.05) is 6.54 Å². The standard InChI is InChI=1S/C18H18N2O5S/c1-12-7-8-16(25-2)15(11-12)19-26(23,24)10-9-20-17(21)13-5-3-4-6-14(13)18(20)22/h3-8,11,19H,9-10H2,1-2H3. The molecule has 2 aromatic carbocycles. The van der Waals surface area contributed by atoms with Crippen molar-refractivity contribution in [3.8, 4) is 5.75 Å². The second-order valence-electron chi connectivity index (χ2n) is 5.93. The van der Waals surface area contributed by atoms with E-state index in [4.69, 9.17) is 4.74 Å². The number of hydrogen-bond donors (Lipinski definition) is 1. The number of anilines is 1. The third kappa shape index (κ3) is 3.41. The maximum absolute atomic E-state index is 12.4. The number of nitrogens with one attached hydrogen (secondary N) is 1. The molecule has 136 valence electrons. The van der Waals surface area contributed by atoms with E-state index >= 15 is 0 Å². The van der Waals surface area contributed by atoms with Crippen molar-refractivity contribution in [2.75, 3.05) is 24.1 Å². The minimum atomic E-state index is -3.78. The van der Waals surface area contributed by atoms with Crippen LogP contribution in [-0.2, 0) is 10.0 Å². The summed E-state index contributed by atoms with van der Waals surface area (Å²) < 4.78 is 32.4. The van der Waals surface area contributed by atoms with Gasteiger partial charge in [0.1, 0.15) is 5.75 Å². The summed E-state index contributed by atoms with van der Waals surface area (Å²) in [5, 5.41) is 0. The SMILES string of the molecule is COc1ccc(C)cc1NS(=O)(=O)CCN1C(=O)c2ccccc2C1=O. The molecule has 7 nitrogen and oxygen atoms in total. The molecule has 0 fully saturated rings. The van der Waals surface area contributed by atoms with Gasteiger partial charge in [-0.15, -0.1) is 0 Å². The highest BCUT2D eigenvalue weighted by Crippen LogP contribution is 2.27. The van der Waals surface area contributed by atoms with E-state index < -0.39 is 27.6 Å². The summed E-state index contributed by atoms with van der Waals surface area (Å²) in [6, 6.07) is 11.6. The van der Waals surface area contributed by atoms with Gasteiger partial charge in [-0.3, -0.25) is 19.2 Å². The number of carbonyl (C=O) groups is 2. The zero-order chi connectivity index (χ0) is 18.9. The highest BCUT2D eigenvalue weighted by Gasteiger charge is 2.35. The topological polar surface area (TPSA) is 92.8 Å². The van der Waals surface area contributed by atoms with Gasteiger partial charge in [-0.25, -0.2) is 8.42 Å². The number of hydrogen-bond acceptors (Lipinski definition) is 5. The van der Waals surface area contributed by atoms with Crippen LogP contribution in [0, 0.1) is 6.92 Å². The average Bonchev–Trinajstić information content (AvgIpc) is 2.84. The van der Waals surface area contributed by atoms with E-state index in [0.29, 0.717) is 22.6 Å². The Kier molecular flexibility index (Phi) is 4.69. The smallest absolute Gasteiger partial charge is 0.261 e. The van der Waals surface area contributed by atoms with Crippen molar-refractivity contribution in [2.45, 2.75) is 6.92 Å². The van der Waals surface area contributed by atoms with Crippen molar-refractivity contribution in [1.82, 2.24) is 4.90 Å². The molecule has 3 rings (SSSR count). The maximum atomic E-state index is 12.4. The van der Waals surface area contributed by atoms with Gasteiger partial charge in [-0.1, -0.05) is 18.2 Å². The summed E-state index contributed by atoms with van der Waals surface area (Å²) in [5.41, 5.74) is 1.77. The van der Waals surface area contributed by atoms with Crippen molar-refractivity contribution in [3.05, 3.63) is 59.2 Å². The molecule has 0 aliphatic carbocycles. The van der Waals surface area contributed by atoms with Crippen LogP contribution >= 0.6 is 0 Å². The summed E-state index contributed by atoms with van der Waals surface area (Å²) in [5.74, 6) is -0.974. The Labute approximate surface area is 151 Å². The molecule has 2 aromatic rings. The van der Waals surface area contributed by atoms with Crippen molar-refractivity contribution < 1.29 is 22.7 Å². The lowest BCUT2D eigenvalue weighted by molar-refractivity contribution is 0.0664. The number of benzene rings is 2. The number of fused-ring (bicyclic) bond motifs is 1. The van der Waals surface area contributed by atoms with Gasteiger partial charge >= 0.3 is 0 Å². The van der Waals surface area contributed by atoms with Crippen LogP contribution in [0.3, 0.4) is 0 Å². The van der Waals surface area contributed by atoms with E-state index in [1.165, 1.54) is 7.11 Å². The minimum absolute atomic E-state index is 0.226. The van der Waals surface area contributed by atoms with E-state index in [2.05, 4.69) is 4.72 Å². The fraction of sp³-hybridized carbons (Fsp3) is 0.222. The highest BCUT2D eigenvalue weighted by atomic mass is 32.2. The van der Waals surface area contributed by atoms with Crippen molar-refractivity contribution >= 4 is 27.5 Å². The number of aryl methyl sites for hydroxylation is 1. The molecule has 0 aromatic heterocycles. The molecule has 26 heavy (non-hydrogen) atoms. The Balaban J connectivity index is 1.73. The number of sulfonamides is 1. The van der Waals surface area contributed by atoms with Gasteiger partial charge < -0.3 is 4.74 Å². The molecular formula is C18H18N2O5S. The first kappa shape index (κ1) is 17.9. The van der Waals surface area contributed by atoms with Crippen LogP contribution in [0.15, 0.2) is 42.5 Å². The summed E-state index contributed by atoms with van der Waals surface area (Å²) in [7, 11) is -2.34. The summed E-state index contributed by atoms with van der Waals surface area (Å²) in [4.78, 5) is 25.6. The van der Waals surface area contributed by atoms with Crippen LogP contribution < -0.4 is 9.46 Å². The highest BCUT2D eigenvalue weighted by molar-refractivity contribution is 7.92. The van der Waals surface area contributed by atoms with Crippen LogP contribution in [0.1, 0.15) is 26.3 Å². The minimum Gasteiger partial charge on any atom is -0.495 e. The largest absolute Gasteiger partial charge is 0.495 e. The molecule has 0 spiro atoms. The van der Waals surface area contributed by atoms with Gasteiger partial charge in [0.05, 0.1) is 29.7 Å². The van der Waals surface area contributed by atoms with Gasteiger partial charge in [-0.05, 0) is 36.8 Å². The molecule has 0 radical (unpaired) electrons. The maximum Gasteiger partial charge on any atom is 0.261 e. The van der Waals surface area contributed by atoms with Crippen LogP contribution in [0.2, 0.25) is 0 Å². The second kappa shape index (κ2) is 6.80. The lowest BCUT2D eigenvalue weighted by Crippen LogP contribution is -2.35. The van der Waals surface area contributed by atoms with E-state index in [0.717, 1.165) is 10.5 Å². The first-order chi connectivity index (χ1) is 12.3. The van der Waals surface area contributed by atoms with Gasteiger partial charge in [0.2, 0.25) is 10.0 Å². The third-order valence-corrected chi connectivity index (χ3v) is 5.33. The average molecular weight is 374 g/mol. The monoisotopic (exact) mass is 374 g/mol. The molecule has 0 atom stereocenters. The molecule has 1 heterocycles. The van der Waals surface area contributed by atoms with Gasteiger partial charge in [0.25, 0.3) is 11.8 Å². The lowest BCUT2D eigenvalue weighted by Gasteiger charge is -2.16. The zero-order valence-electron chi connectivity index (χ0n) is 14.4. The molecule has 0 saturated heterocycles. The normalized spacial score (nSPS) is 13.7. The van der Waals surface area contributed by atoms with Crippen molar-refractivity contribution in [1.29, 1.82) is 0 Å². The zero-order valence-corrected chi connectivity index (χ0v) is 15.2. The molecular weight excluding hydrogens is 356 g/mol. The van der Waals surface area contributed by atoms with Gasteiger partial charge in [-0.2, -0.15) is 0 Å². The fourth-order valence-corrected chi connectivity index (χ4v) is 3.79. The fourth-order valence-electron chi connectivity index (χ4n) is 2.77. The Morgan fingerprint density at radius 2 is 1.65 bits per heavy atom. The summed E-state index contributed by atoms with van der Waals surface area (Å²) >= 11 is 0. The molecule has 0 unspecified atom stereocenters. The molecule has 2 amide bonds. The molecule has 0 bridgehead atoms. The Morgan fingerprint density at radius 3 is 2.23 bits per heavy atom. The van der Waals surface area contributed by atoms with Crippen molar-refractivity contribution in [2.24, 2.45) is 0 Å². The number of rotatable bonds is 6. The number of amides is 2. The molecule has 1 N–H and O–H groups in total. The molecule has 0 saturated carbocycles. The van der Waals surface area contributed by atoms with Crippen molar-refractivity contribution in [3.63, 3.8) is 0 Å². The van der Waals surface area contributed by atoms with E-state index in [1.54, 1.807) is 42.5 Å². The van der Waals surface area contributed by atoms with Crippen LogP contribution in [0.5, 0.6) is 5.75 Å². The molecule has 1 aliphatic rings. The predicted molar refractivity (Wildman–Crippen MR) is 96.9 cm³/mol. The summed E-state index contributed by atoms with van der Waals surface area (Å²) in [6.45, 7) is 1.60. The number of carbonyl (C=O) groups excluding carboxylic acids is 2. The Bertz CT molecular complexity index is 950. The van der Waals surface area contributed by atoms with E-state index in [-0.39, 0.29) is 6.54 Å². The summed E-state index contributed by atoms with van der Waals surface area (Å²) in [6.07, 6.45) is 0. The van der Waals surface area contributed by atoms with Crippen LogP contribution in [0.4, 0.5) is 5.69 Å². The number of nitrogens with zero attached hydrogens (tertiary/aromatic N) is 1. The number of methoxy groups -OCH3 is 1. The predicted octanol–water partition coefficient (Wildman–Crippen LogP) is 2.04. The first-order valence-corrected chi connectivity index (χ1v) is 9.58. The second-order valence-corrected chi connectivity index (χ2v) is 7.77.